The summed E-state index contributed by atoms with van der Waals surface area (Å²) in [5, 5.41) is 13.5. The van der Waals surface area contributed by atoms with Gasteiger partial charge in [-0.3, -0.25) is 19.6 Å². The van der Waals surface area contributed by atoms with Crippen molar-refractivity contribution in [2.45, 2.75) is 19.3 Å². The number of carboxylic acid groups (broad SMARTS) is 1. The molecule has 0 aliphatic carbocycles. The van der Waals surface area contributed by atoms with Gasteiger partial charge in [-0.05, 0) is 12.8 Å². The van der Waals surface area contributed by atoms with Crippen LogP contribution in [0.15, 0.2) is 24.0 Å². The Bertz CT molecular complexity index is 615. The molecule has 2 aromatic rings. The number of thiazole rings is 1. The maximum atomic E-state index is 11.9. The Labute approximate surface area is 125 Å². The van der Waals surface area contributed by atoms with Crippen LogP contribution in [0.5, 0.6) is 0 Å². The van der Waals surface area contributed by atoms with Crippen LogP contribution in [-0.4, -0.2) is 38.5 Å². The van der Waals surface area contributed by atoms with E-state index < -0.39 is 5.97 Å². The first-order valence-corrected chi connectivity index (χ1v) is 7.26. The second-order valence-corrected chi connectivity index (χ2v) is 5.09. The Kier molecular flexibility index (Phi) is 5.33. The summed E-state index contributed by atoms with van der Waals surface area (Å²) in [6, 6.07) is 0. The third kappa shape index (κ3) is 4.60. The molecule has 0 aromatic carbocycles. The highest BCUT2D eigenvalue weighted by Crippen LogP contribution is 2.20. The van der Waals surface area contributed by atoms with E-state index in [-0.39, 0.29) is 12.3 Å². The van der Waals surface area contributed by atoms with Gasteiger partial charge in [0.2, 0.25) is 0 Å². The maximum Gasteiger partial charge on any atom is 0.303 e. The van der Waals surface area contributed by atoms with Gasteiger partial charge in [-0.2, -0.15) is 0 Å². The van der Waals surface area contributed by atoms with E-state index >= 15 is 0 Å². The average molecular weight is 306 g/mol. The van der Waals surface area contributed by atoms with Gasteiger partial charge in [-0.25, -0.2) is 4.98 Å². The first kappa shape index (κ1) is 15.0. The lowest BCUT2D eigenvalue weighted by atomic mass is 10.2. The number of carbonyl (C=O) groups excluding carboxylic acids is 1. The van der Waals surface area contributed by atoms with E-state index in [9.17, 15) is 9.59 Å². The largest absolute Gasteiger partial charge is 0.481 e. The van der Waals surface area contributed by atoms with Gasteiger partial charge in [0.15, 0.2) is 0 Å². The summed E-state index contributed by atoms with van der Waals surface area (Å²) in [6.07, 6.45) is 6.01. The topological polar surface area (TPSA) is 105 Å². The third-order valence-electron chi connectivity index (χ3n) is 2.62. The third-order valence-corrected chi connectivity index (χ3v) is 3.49. The van der Waals surface area contributed by atoms with Gasteiger partial charge in [0.1, 0.15) is 16.4 Å². The molecule has 0 saturated carbocycles. The van der Waals surface area contributed by atoms with Gasteiger partial charge in [0.05, 0.1) is 6.20 Å². The van der Waals surface area contributed by atoms with E-state index in [2.05, 4.69) is 20.3 Å². The Morgan fingerprint density at radius 3 is 2.86 bits per heavy atom. The Balaban J connectivity index is 1.84. The summed E-state index contributed by atoms with van der Waals surface area (Å²) in [5.41, 5.74) is 0.960. The number of hydrogen-bond donors (Lipinski definition) is 2. The normalized spacial score (nSPS) is 10.3. The molecule has 0 spiro atoms. The maximum absolute atomic E-state index is 11.9. The summed E-state index contributed by atoms with van der Waals surface area (Å²) >= 11 is 1.33. The van der Waals surface area contributed by atoms with Crippen LogP contribution < -0.4 is 5.32 Å². The van der Waals surface area contributed by atoms with Gasteiger partial charge in [0.25, 0.3) is 5.91 Å². The first-order chi connectivity index (χ1) is 10.2. The molecule has 0 unspecified atom stereocenters. The monoisotopic (exact) mass is 306 g/mol. The molecule has 0 fully saturated rings. The van der Waals surface area contributed by atoms with Crippen LogP contribution in [-0.2, 0) is 4.79 Å². The number of aliphatic carboxylic acids is 1. The van der Waals surface area contributed by atoms with Crippen LogP contribution in [0.2, 0.25) is 0 Å². The Hall–Kier alpha value is -2.35. The summed E-state index contributed by atoms with van der Waals surface area (Å²) in [7, 11) is 0. The van der Waals surface area contributed by atoms with E-state index in [0.717, 1.165) is 0 Å². The number of carboxylic acids is 1. The number of nitrogens with zero attached hydrogens (tertiary/aromatic N) is 3. The quantitative estimate of drug-likeness (QED) is 0.752. The van der Waals surface area contributed by atoms with E-state index in [1.165, 1.54) is 11.3 Å². The van der Waals surface area contributed by atoms with Crippen molar-refractivity contribution in [2.75, 3.05) is 6.54 Å². The lowest BCUT2D eigenvalue weighted by molar-refractivity contribution is -0.137. The highest BCUT2D eigenvalue weighted by molar-refractivity contribution is 7.13. The minimum atomic E-state index is -0.825. The molecular weight excluding hydrogens is 292 g/mol. The molecule has 21 heavy (non-hydrogen) atoms. The Morgan fingerprint density at radius 2 is 2.14 bits per heavy atom. The molecule has 2 N–H and O–H groups in total. The molecule has 0 aliphatic rings. The molecule has 0 atom stereocenters. The minimum absolute atomic E-state index is 0.114. The first-order valence-electron chi connectivity index (χ1n) is 6.38. The number of amides is 1. The van der Waals surface area contributed by atoms with Crippen LogP contribution >= 0.6 is 11.3 Å². The Morgan fingerprint density at radius 1 is 1.29 bits per heavy atom. The van der Waals surface area contributed by atoms with Crippen LogP contribution in [0.25, 0.3) is 10.7 Å². The molecule has 110 valence electrons. The van der Waals surface area contributed by atoms with Crippen molar-refractivity contribution in [1.29, 1.82) is 0 Å². The predicted octanol–water partition coefficient (Wildman–Crippen LogP) is 1.58. The molecule has 7 nitrogen and oxygen atoms in total. The molecule has 1 amide bonds. The zero-order valence-electron chi connectivity index (χ0n) is 11.2. The number of unbranched alkanes of at least 4 members (excludes halogenated alkanes) is 1. The van der Waals surface area contributed by atoms with Crippen LogP contribution in [0.4, 0.5) is 0 Å². The second kappa shape index (κ2) is 7.44. The second-order valence-electron chi connectivity index (χ2n) is 4.24. The fourth-order valence-corrected chi connectivity index (χ4v) is 2.36. The van der Waals surface area contributed by atoms with Crippen molar-refractivity contribution in [1.82, 2.24) is 20.3 Å². The summed E-state index contributed by atoms with van der Waals surface area (Å²) < 4.78 is 0. The minimum Gasteiger partial charge on any atom is -0.481 e. The highest BCUT2D eigenvalue weighted by Gasteiger charge is 2.12. The number of nitrogens with one attached hydrogen (secondary N) is 1. The number of carbonyl (C=O) groups is 2. The molecule has 2 heterocycles. The van der Waals surface area contributed by atoms with E-state index in [1.807, 2.05) is 0 Å². The van der Waals surface area contributed by atoms with Crippen LogP contribution in [0.3, 0.4) is 0 Å². The molecule has 2 rings (SSSR count). The highest BCUT2D eigenvalue weighted by atomic mass is 32.1. The van der Waals surface area contributed by atoms with Gasteiger partial charge in [-0.1, -0.05) is 0 Å². The van der Waals surface area contributed by atoms with Crippen LogP contribution in [0.1, 0.15) is 29.8 Å². The molecule has 0 saturated heterocycles. The number of aromatic nitrogens is 3. The lowest BCUT2D eigenvalue weighted by Gasteiger charge is -2.01. The van der Waals surface area contributed by atoms with Gasteiger partial charge in [0, 0.05) is 30.7 Å². The van der Waals surface area contributed by atoms with Crippen molar-refractivity contribution in [3.05, 3.63) is 29.7 Å². The number of rotatable bonds is 7. The van der Waals surface area contributed by atoms with Crippen molar-refractivity contribution in [3.8, 4) is 10.7 Å². The predicted molar refractivity (Wildman–Crippen MR) is 77.0 cm³/mol. The average Bonchev–Trinajstić information content (AvgIpc) is 2.97. The molecule has 0 aliphatic heterocycles. The molecule has 8 heteroatoms. The van der Waals surface area contributed by atoms with Gasteiger partial charge in [-0.15, -0.1) is 11.3 Å². The van der Waals surface area contributed by atoms with E-state index in [1.54, 1.807) is 24.0 Å². The smallest absolute Gasteiger partial charge is 0.303 e. The standard InChI is InChI=1S/C13H14N4O3S/c18-11(19)3-1-2-4-16-12(20)10-8-21-13(17-10)9-7-14-5-6-15-9/h5-8H,1-4H2,(H,16,20)(H,18,19). The fourth-order valence-electron chi connectivity index (χ4n) is 1.60. The summed E-state index contributed by atoms with van der Waals surface area (Å²) in [6.45, 7) is 0.435. The van der Waals surface area contributed by atoms with Gasteiger partial charge >= 0.3 is 5.97 Å². The van der Waals surface area contributed by atoms with Gasteiger partial charge < -0.3 is 10.4 Å². The molecule has 2 aromatic heterocycles. The zero-order valence-corrected chi connectivity index (χ0v) is 12.0. The summed E-state index contributed by atoms with van der Waals surface area (Å²) in [4.78, 5) is 34.5. The van der Waals surface area contributed by atoms with Crippen molar-refractivity contribution in [2.24, 2.45) is 0 Å². The van der Waals surface area contributed by atoms with Crippen molar-refractivity contribution >= 4 is 23.2 Å². The number of hydrogen-bond acceptors (Lipinski definition) is 6. The van der Waals surface area contributed by atoms with Crippen molar-refractivity contribution in [3.63, 3.8) is 0 Å². The lowest BCUT2D eigenvalue weighted by Crippen LogP contribution is -2.24. The summed E-state index contributed by atoms with van der Waals surface area (Å²) in [5.74, 6) is -1.09. The van der Waals surface area contributed by atoms with E-state index in [4.69, 9.17) is 5.11 Å². The molecule has 0 bridgehead atoms. The fraction of sp³-hybridized carbons (Fsp3) is 0.308. The SMILES string of the molecule is O=C(O)CCCCNC(=O)c1csc(-c2cnccn2)n1. The molecular formula is C13H14N4O3S. The van der Waals surface area contributed by atoms with E-state index in [0.29, 0.717) is 35.8 Å². The van der Waals surface area contributed by atoms with Crippen molar-refractivity contribution < 1.29 is 14.7 Å². The van der Waals surface area contributed by atoms with Crippen LogP contribution in [0, 0.1) is 0 Å². The molecule has 0 radical (unpaired) electrons. The zero-order chi connectivity index (χ0) is 15.1.